The molecule has 22 atom stereocenters. The van der Waals surface area contributed by atoms with Gasteiger partial charge in [0.25, 0.3) is 0 Å². The number of aliphatic hydroxyl groups excluding tert-OH is 7. The number of carbonyl (C=O) groups is 1. The molecular weight excluding hydrogens is 692 g/mol. The van der Waals surface area contributed by atoms with Crippen LogP contribution in [0, 0.1) is 52.3 Å². The summed E-state index contributed by atoms with van der Waals surface area (Å²) in [4.78, 5) is 14.5. The first-order chi connectivity index (χ1) is 25.2. The lowest BCUT2D eigenvalue weighted by molar-refractivity contribution is -0.364. The van der Waals surface area contributed by atoms with Crippen LogP contribution in [-0.2, 0) is 33.2 Å². The van der Waals surface area contributed by atoms with Gasteiger partial charge < -0.3 is 64.2 Å². The standard InChI is InChI=1S/C39H62O14/c1-17-7-10-39(48-16-17)18(2)27-24(53-39)12-22-21-6-5-19-11-20(8-9-37(19,3)28(21)23(42)13-38(22,27)4)49-35-33(47)31(45)34(26(15-41)51-35)52-36-32(46)30(44)29(43)25(14-40)50-36/h17-22,24-36,40-41,43-47H,5-16H2,1-4H3/t17-,18+,19+,20+,21+,22+,24?,25+,26+,27?,28-,29-,30+,31-,32+,33+,34-,35-,36+,37+,38+,39-/m1/s1. The molecule has 2 unspecified atom stereocenters. The number of hydrogen-bond acceptors (Lipinski definition) is 14. The maximum atomic E-state index is 14.5. The summed E-state index contributed by atoms with van der Waals surface area (Å²) in [6.07, 6.45) is -7.48. The van der Waals surface area contributed by atoms with Crippen molar-refractivity contribution in [2.24, 2.45) is 52.3 Å². The van der Waals surface area contributed by atoms with Crippen molar-refractivity contribution in [2.75, 3.05) is 19.8 Å². The van der Waals surface area contributed by atoms with E-state index in [4.69, 9.17) is 28.4 Å². The zero-order valence-electron chi connectivity index (χ0n) is 31.4. The van der Waals surface area contributed by atoms with Gasteiger partial charge in [0.2, 0.25) is 0 Å². The molecule has 0 aromatic carbocycles. The highest BCUT2D eigenvalue weighted by Gasteiger charge is 2.71. The van der Waals surface area contributed by atoms with Crippen molar-refractivity contribution < 1.29 is 69.0 Å². The third-order valence-corrected chi connectivity index (χ3v) is 15.9. The molecule has 53 heavy (non-hydrogen) atoms. The first kappa shape index (κ1) is 39.0. The Labute approximate surface area is 311 Å². The van der Waals surface area contributed by atoms with Gasteiger partial charge in [-0.3, -0.25) is 4.79 Å². The summed E-state index contributed by atoms with van der Waals surface area (Å²) in [5.41, 5.74) is -0.288. The molecule has 4 aliphatic carbocycles. The SMILES string of the molecule is C[C@@H]1CC[C@@]2(OC1)OC1C[C@H]3[C@@H]4CC[C@H]5C[C@@H](O[C@@H]6O[C@@H](CO)[C@@H](O[C@@H]7O[C@@H](CO)[C@@H](O)[C@H](O)[C@@H]7O)[C@H](O)[C@@H]6O)CC[C@]5(C)[C@H]4C(=O)C[C@]3(C)C1[C@@H]2C. The van der Waals surface area contributed by atoms with Crippen molar-refractivity contribution in [3.8, 4) is 0 Å². The van der Waals surface area contributed by atoms with Crippen LogP contribution in [0.5, 0.6) is 0 Å². The van der Waals surface area contributed by atoms with Crippen LogP contribution >= 0.6 is 0 Å². The van der Waals surface area contributed by atoms with Gasteiger partial charge in [-0.15, -0.1) is 0 Å². The van der Waals surface area contributed by atoms with Crippen LogP contribution in [0.2, 0.25) is 0 Å². The van der Waals surface area contributed by atoms with Gasteiger partial charge in [-0.25, -0.2) is 0 Å². The van der Waals surface area contributed by atoms with Gasteiger partial charge in [0.15, 0.2) is 18.4 Å². The summed E-state index contributed by atoms with van der Waals surface area (Å²) < 4.78 is 36.8. The lowest BCUT2D eigenvalue weighted by Crippen LogP contribution is -2.65. The highest BCUT2D eigenvalue weighted by atomic mass is 16.7. The summed E-state index contributed by atoms with van der Waals surface area (Å²) in [5, 5.41) is 72.7. The summed E-state index contributed by atoms with van der Waals surface area (Å²) in [5.74, 6) is 1.91. The Morgan fingerprint density at radius 3 is 2.17 bits per heavy atom. The number of fused-ring (bicyclic) bond motifs is 7. The molecule has 8 aliphatic rings. The smallest absolute Gasteiger partial charge is 0.187 e. The van der Waals surface area contributed by atoms with Crippen LogP contribution in [-0.4, -0.2) is 141 Å². The second kappa shape index (κ2) is 14.2. The Kier molecular flexibility index (Phi) is 10.5. The minimum Gasteiger partial charge on any atom is -0.394 e. The van der Waals surface area contributed by atoms with Crippen molar-refractivity contribution in [3.05, 3.63) is 0 Å². The van der Waals surface area contributed by atoms with Gasteiger partial charge in [0.05, 0.1) is 32.0 Å². The van der Waals surface area contributed by atoms with E-state index in [9.17, 15) is 40.5 Å². The number of ether oxygens (including phenoxy) is 6. The molecule has 4 aliphatic heterocycles. The molecule has 14 nitrogen and oxygen atoms in total. The first-order valence-corrected chi connectivity index (χ1v) is 20.2. The van der Waals surface area contributed by atoms with Gasteiger partial charge in [-0.05, 0) is 85.4 Å². The van der Waals surface area contributed by atoms with Crippen LogP contribution in [0.1, 0.15) is 85.5 Å². The number of ketones is 1. The minimum absolute atomic E-state index is 0.0208. The molecule has 0 bridgehead atoms. The van der Waals surface area contributed by atoms with E-state index in [1.165, 1.54) is 0 Å². The van der Waals surface area contributed by atoms with Crippen molar-refractivity contribution >= 4 is 5.78 Å². The van der Waals surface area contributed by atoms with Gasteiger partial charge in [-0.1, -0.05) is 27.7 Å². The lowest BCUT2D eigenvalue weighted by Gasteiger charge is -2.60. The molecule has 4 heterocycles. The van der Waals surface area contributed by atoms with Crippen molar-refractivity contribution in [1.82, 2.24) is 0 Å². The van der Waals surface area contributed by atoms with Crippen LogP contribution in [0.3, 0.4) is 0 Å². The molecule has 14 heteroatoms. The largest absolute Gasteiger partial charge is 0.394 e. The number of carbonyl (C=O) groups excluding carboxylic acids is 1. The van der Waals surface area contributed by atoms with Crippen molar-refractivity contribution in [3.63, 3.8) is 0 Å². The van der Waals surface area contributed by atoms with E-state index in [2.05, 4.69) is 27.7 Å². The molecule has 7 N–H and O–H groups in total. The highest BCUT2D eigenvalue weighted by Crippen LogP contribution is 2.70. The average molecular weight is 755 g/mol. The second-order valence-corrected chi connectivity index (χ2v) is 18.7. The van der Waals surface area contributed by atoms with E-state index in [-0.39, 0.29) is 40.8 Å². The normalized spacial score (nSPS) is 58.2. The van der Waals surface area contributed by atoms with Gasteiger partial charge in [-0.2, -0.15) is 0 Å². The van der Waals surface area contributed by atoms with Crippen molar-refractivity contribution in [2.45, 2.75) is 165 Å². The third-order valence-electron chi connectivity index (χ3n) is 15.9. The van der Waals surface area contributed by atoms with Crippen LogP contribution in [0.4, 0.5) is 0 Å². The molecule has 8 rings (SSSR count). The predicted molar refractivity (Wildman–Crippen MR) is 183 cm³/mol. The van der Waals surface area contributed by atoms with Gasteiger partial charge in [0.1, 0.15) is 54.6 Å². The number of aliphatic hydroxyl groups is 7. The predicted octanol–water partition coefficient (Wildman–Crippen LogP) is 0.621. The Bertz CT molecular complexity index is 1340. The second-order valence-electron chi connectivity index (χ2n) is 18.7. The van der Waals surface area contributed by atoms with E-state index in [0.717, 1.165) is 45.1 Å². The third kappa shape index (κ3) is 6.12. The van der Waals surface area contributed by atoms with Crippen molar-refractivity contribution in [1.29, 1.82) is 0 Å². The molecule has 302 valence electrons. The maximum absolute atomic E-state index is 14.5. The Balaban J connectivity index is 0.911. The first-order valence-electron chi connectivity index (χ1n) is 20.2. The molecule has 0 aromatic rings. The molecule has 0 amide bonds. The molecule has 4 saturated heterocycles. The summed E-state index contributed by atoms with van der Waals surface area (Å²) in [6.45, 7) is 8.63. The quantitative estimate of drug-likeness (QED) is 0.185. The van der Waals surface area contributed by atoms with E-state index >= 15 is 0 Å². The van der Waals surface area contributed by atoms with E-state index in [1.807, 2.05) is 0 Å². The Morgan fingerprint density at radius 2 is 1.47 bits per heavy atom. The number of rotatable bonds is 6. The molecule has 4 saturated carbocycles. The van der Waals surface area contributed by atoms with E-state index in [1.54, 1.807) is 0 Å². The maximum Gasteiger partial charge on any atom is 0.187 e. The van der Waals surface area contributed by atoms with Crippen LogP contribution < -0.4 is 0 Å². The number of Topliss-reactive ketones (excluding diaryl/α,β-unsaturated/α-hetero) is 1. The fourth-order valence-corrected chi connectivity index (χ4v) is 13.0. The molecular formula is C39H62O14. The molecule has 1 spiro atoms. The van der Waals surface area contributed by atoms with Gasteiger partial charge >= 0.3 is 0 Å². The zero-order chi connectivity index (χ0) is 37.8. The number of hydrogen-bond donors (Lipinski definition) is 7. The monoisotopic (exact) mass is 754 g/mol. The highest BCUT2D eigenvalue weighted by molar-refractivity contribution is 5.84. The summed E-state index contributed by atoms with van der Waals surface area (Å²) in [7, 11) is 0. The molecule has 8 fully saturated rings. The lowest BCUT2D eigenvalue weighted by atomic mass is 9.44. The fraction of sp³-hybridized carbons (Fsp3) is 0.974. The topological polar surface area (TPSA) is 214 Å². The van der Waals surface area contributed by atoms with Crippen LogP contribution in [0.15, 0.2) is 0 Å². The fourth-order valence-electron chi connectivity index (χ4n) is 13.0. The Morgan fingerprint density at radius 1 is 0.774 bits per heavy atom. The zero-order valence-corrected chi connectivity index (χ0v) is 31.4. The Hall–Kier alpha value is -0.850. The van der Waals surface area contributed by atoms with E-state index in [0.29, 0.717) is 48.7 Å². The average Bonchev–Trinajstić information content (AvgIpc) is 3.57. The summed E-state index contributed by atoms with van der Waals surface area (Å²) in [6, 6.07) is 0. The van der Waals surface area contributed by atoms with Crippen LogP contribution in [0.25, 0.3) is 0 Å². The molecule has 0 aromatic heterocycles. The minimum atomic E-state index is -1.74. The molecule has 0 radical (unpaired) electrons. The summed E-state index contributed by atoms with van der Waals surface area (Å²) >= 11 is 0. The van der Waals surface area contributed by atoms with E-state index < -0.39 is 80.4 Å². The van der Waals surface area contributed by atoms with Gasteiger partial charge in [0, 0.05) is 24.7 Å².